The van der Waals surface area contributed by atoms with Gasteiger partial charge in [-0.25, -0.2) is 0 Å². The van der Waals surface area contributed by atoms with Gasteiger partial charge in [0, 0.05) is 18.7 Å². The van der Waals surface area contributed by atoms with E-state index in [0.717, 1.165) is 50.4 Å². The van der Waals surface area contributed by atoms with Crippen molar-refractivity contribution in [2.45, 2.75) is 44.2 Å². The van der Waals surface area contributed by atoms with Gasteiger partial charge in [0.15, 0.2) is 0 Å². The van der Waals surface area contributed by atoms with Crippen LogP contribution in [0.1, 0.15) is 42.9 Å². The van der Waals surface area contributed by atoms with Crippen LogP contribution in [0.5, 0.6) is 0 Å². The highest BCUT2D eigenvalue weighted by Crippen LogP contribution is 2.30. The molecule has 0 aromatic heterocycles. The van der Waals surface area contributed by atoms with E-state index in [9.17, 15) is 9.59 Å². The van der Waals surface area contributed by atoms with E-state index in [0.29, 0.717) is 6.42 Å². The molecule has 1 aromatic rings. The number of nitrogens with zero attached hydrogens (tertiary/aromatic N) is 1. The smallest absolute Gasteiger partial charge is 0.240 e. The summed E-state index contributed by atoms with van der Waals surface area (Å²) in [5, 5.41) is 6.56. The molecule has 2 fully saturated rings. The first-order valence-electron chi connectivity index (χ1n) is 9.68. The molecule has 2 N–H and O–H groups in total. The van der Waals surface area contributed by atoms with E-state index in [1.807, 2.05) is 16.7 Å². The zero-order chi connectivity index (χ0) is 17.9. The zero-order valence-electron chi connectivity index (χ0n) is 15.1. The Balaban J connectivity index is 1.29. The summed E-state index contributed by atoms with van der Waals surface area (Å²) in [6, 6.07) is 8.46. The molecule has 26 heavy (non-hydrogen) atoms. The number of benzene rings is 1. The topological polar surface area (TPSA) is 61.4 Å². The maximum Gasteiger partial charge on any atom is 0.240 e. The standard InChI is InChI=1S/C20H27N3O2S/c24-19(22-17-7-3-5-15-4-1-2-6-16(15)17)11-14-10-18(21-12-14)20(25)23-8-9-26-13-23/h1-2,4,6,14,17-18,21H,3,5,7-13H2,(H,22,24). The number of thioether (sulfide) groups is 1. The van der Waals surface area contributed by atoms with Gasteiger partial charge in [-0.05, 0) is 49.3 Å². The molecular formula is C20H27N3O2S. The molecule has 0 bridgehead atoms. The number of aryl methyl sites for hydroxylation is 1. The number of nitrogens with one attached hydrogen (secondary N) is 2. The van der Waals surface area contributed by atoms with Gasteiger partial charge >= 0.3 is 0 Å². The van der Waals surface area contributed by atoms with Crippen molar-refractivity contribution < 1.29 is 9.59 Å². The Hall–Kier alpha value is -1.53. The fourth-order valence-corrected chi connectivity index (χ4v) is 5.34. The van der Waals surface area contributed by atoms with Gasteiger partial charge in [0.1, 0.15) is 0 Å². The predicted octanol–water partition coefficient (Wildman–Crippen LogP) is 2.08. The first-order chi connectivity index (χ1) is 12.7. The van der Waals surface area contributed by atoms with Crippen LogP contribution in [0.3, 0.4) is 0 Å². The molecule has 2 saturated heterocycles. The van der Waals surface area contributed by atoms with E-state index in [1.54, 1.807) is 0 Å². The van der Waals surface area contributed by atoms with Crippen LogP contribution in [-0.2, 0) is 16.0 Å². The minimum Gasteiger partial charge on any atom is -0.349 e. The molecule has 3 atom stereocenters. The second-order valence-electron chi connectivity index (χ2n) is 7.62. The Kier molecular flexibility index (Phi) is 5.50. The second-order valence-corrected chi connectivity index (χ2v) is 8.69. The monoisotopic (exact) mass is 373 g/mol. The maximum absolute atomic E-state index is 12.6. The van der Waals surface area contributed by atoms with Crippen molar-refractivity contribution in [2.24, 2.45) is 5.92 Å². The first-order valence-corrected chi connectivity index (χ1v) is 10.8. The molecule has 1 aliphatic carbocycles. The van der Waals surface area contributed by atoms with Gasteiger partial charge < -0.3 is 15.5 Å². The van der Waals surface area contributed by atoms with Gasteiger partial charge in [-0.1, -0.05) is 24.3 Å². The predicted molar refractivity (Wildman–Crippen MR) is 104 cm³/mol. The zero-order valence-corrected chi connectivity index (χ0v) is 15.9. The molecule has 5 nitrogen and oxygen atoms in total. The third-order valence-corrected chi connectivity index (χ3v) is 6.73. The normalized spacial score (nSPS) is 28.0. The van der Waals surface area contributed by atoms with Crippen LogP contribution in [0.25, 0.3) is 0 Å². The number of amides is 2. The fourth-order valence-electron chi connectivity index (χ4n) is 4.38. The lowest BCUT2D eigenvalue weighted by Gasteiger charge is -2.26. The van der Waals surface area contributed by atoms with Crippen molar-refractivity contribution in [1.29, 1.82) is 0 Å². The minimum absolute atomic E-state index is 0.109. The third kappa shape index (κ3) is 3.91. The molecule has 0 radical (unpaired) electrons. The molecule has 1 aromatic carbocycles. The van der Waals surface area contributed by atoms with E-state index >= 15 is 0 Å². The lowest BCUT2D eigenvalue weighted by molar-refractivity contribution is -0.131. The summed E-state index contributed by atoms with van der Waals surface area (Å²) < 4.78 is 0. The van der Waals surface area contributed by atoms with E-state index in [1.165, 1.54) is 11.1 Å². The second kappa shape index (κ2) is 8.01. The maximum atomic E-state index is 12.6. The molecule has 3 aliphatic rings. The Morgan fingerprint density at radius 2 is 2.19 bits per heavy atom. The van der Waals surface area contributed by atoms with Gasteiger partial charge in [-0.15, -0.1) is 11.8 Å². The number of fused-ring (bicyclic) bond motifs is 1. The van der Waals surface area contributed by atoms with Crippen LogP contribution in [0.15, 0.2) is 24.3 Å². The largest absolute Gasteiger partial charge is 0.349 e. The van der Waals surface area contributed by atoms with Gasteiger partial charge in [0.05, 0.1) is 18.0 Å². The summed E-state index contributed by atoms with van der Waals surface area (Å²) in [6.07, 6.45) is 4.52. The van der Waals surface area contributed by atoms with Crippen molar-refractivity contribution in [2.75, 3.05) is 24.7 Å². The lowest BCUT2D eigenvalue weighted by Crippen LogP contribution is -2.42. The van der Waals surface area contributed by atoms with E-state index in [2.05, 4.69) is 34.9 Å². The van der Waals surface area contributed by atoms with Gasteiger partial charge in [0.25, 0.3) is 0 Å². The SMILES string of the molecule is O=C(CC1CNC(C(=O)N2CCSC2)C1)NC1CCCc2ccccc21. The Bertz CT molecular complexity index is 675. The molecule has 0 spiro atoms. The first kappa shape index (κ1) is 17.9. The molecule has 4 rings (SSSR count). The van der Waals surface area contributed by atoms with Crippen LogP contribution in [0.2, 0.25) is 0 Å². The van der Waals surface area contributed by atoms with Crippen molar-refractivity contribution in [3.05, 3.63) is 35.4 Å². The van der Waals surface area contributed by atoms with Gasteiger partial charge in [-0.2, -0.15) is 0 Å². The summed E-state index contributed by atoms with van der Waals surface area (Å²) in [5.74, 6) is 2.41. The van der Waals surface area contributed by atoms with Gasteiger partial charge in [0.2, 0.25) is 11.8 Å². The number of hydrogen-bond acceptors (Lipinski definition) is 4. The minimum atomic E-state index is -0.109. The number of rotatable bonds is 4. The van der Waals surface area contributed by atoms with Crippen molar-refractivity contribution in [1.82, 2.24) is 15.5 Å². The average molecular weight is 374 g/mol. The van der Waals surface area contributed by atoms with E-state index in [-0.39, 0.29) is 29.8 Å². The molecule has 2 heterocycles. The van der Waals surface area contributed by atoms with E-state index < -0.39 is 0 Å². The van der Waals surface area contributed by atoms with Crippen LogP contribution >= 0.6 is 11.8 Å². The molecule has 2 amide bonds. The highest BCUT2D eigenvalue weighted by atomic mass is 32.2. The highest BCUT2D eigenvalue weighted by molar-refractivity contribution is 7.99. The fraction of sp³-hybridized carbons (Fsp3) is 0.600. The number of carbonyl (C=O) groups is 2. The van der Waals surface area contributed by atoms with Crippen molar-refractivity contribution in [3.8, 4) is 0 Å². The Morgan fingerprint density at radius 1 is 1.31 bits per heavy atom. The van der Waals surface area contributed by atoms with Gasteiger partial charge in [-0.3, -0.25) is 9.59 Å². The number of carbonyl (C=O) groups excluding carboxylic acids is 2. The van der Waals surface area contributed by atoms with Crippen LogP contribution < -0.4 is 10.6 Å². The van der Waals surface area contributed by atoms with Crippen LogP contribution in [0, 0.1) is 5.92 Å². The summed E-state index contributed by atoms with van der Waals surface area (Å²) in [7, 11) is 0. The van der Waals surface area contributed by atoms with Crippen molar-refractivity contribution in [3.63, 3.8) is 0 Å². The van der Waals surface area contributed by atoms with Crippen LogP contribution in [-0.4, -0.2) is 47.5 Å². The molecule has 0 saturated carbocycles. The number of hydrogen-bond donors (Lipinski definition) is 2. The molecule has 140 valence electrons. The Labute approximate surface area is 159 Å². The average Bonchev–Trinajstić information content (AvgIpc) is 3.33. The Morgan fingerprint density at radius 3 is 3.04 bits per heavy atom. The summed E-state index contributed by atoms with van der Waals surface area (Å²) >= 11 is 1.81. The van der Waals surface area contributed by atoms with E-state index in [4.69, 9.17) is 0 Å². The lowest BCUT2D eigenvalue weighted by atomic mass is 9.87. The molecular weight excluding hydrogens is 346 g/mol. The highest BCUT2D eigenvalue weighted by Gasteiger charge is 2.34. The molecule has 2 aliphatic heterocycles. The summed E-state index contributed by atoms with van der Waals surface area (Å²) in [5.41, 5.74) is 2.64. The molecule has 6 heteroatoms. The van der Waals surface area contributed by atoms with Crippen LogP contribution in [0.4, 0.5) is 0 Å². The molecule has 3 unspecified atom stereocenters. The van der Waals surface area contributed by atoms with Crippen molar-refractivity contribution >= 4 is 23.6 Å². The summed E-state index contributed by atoms with van der Waals surface area (Å²) in [6.45, 7) is 1.61. The quantitative estimate of drug-likeness (QED) is 0.848. The summed E-state index contributed by atoms with van der Waals surface area (Å²) in [4.78, 5) is 27.0. The third-order valence-electron chi connectivity index (χ3n) is 5.76.